The molecule has 24 heavy (non-hydrogen) atoms. The van der Waals surface area contributed by atoms with Crippen molar-refractivity contribution in [2.45, 2.75) is 39.2 Å². The Kier molecular flexibility index (Phi) is 7.56. The number of nitrogens with zero attached hydrogens (tertiary/aromatic N) is 4. The predicted octanol–water partition coefficient (Wildman–Crippen LogP) is 1.16. The summed E-state index contributed by atoms with van der Waals surface area (Å²) in [6.45, 7) is 10.5. The number of carbonyl (C=O) groups is 1. The van der Waals surface area contributed by atoms with Crippen molar-refractivity contribution in [1.82, 2.24) is 20.0 Å². The molecule has 0 saturated carbocycles. The second kappa shape index (κ2) is 9.67. The Morgan fingerprint density at radius 2 is 1.79 bits per heavy atom. The highest BCUT2D eigenvalue weighted by Crippen LogP contribution is 2.14. The topological polar surface area (TPSA) is 51.2 Å². The fourth-order valence-corrected chi connectivity index (χ4v) is 3.45. The van der Waals surface area contributed by atoms with Crippen molar-refractivity contribution in [3.63, 3.8) is 0 Å². The molecule has 0 bridgehead atoms. The number of nitrogens with one attached hydrogen (secondary N) is 1. The van der Waals surface area contributed by atoms with Crippen molar-refractivity contribution >= 4 is 11.9 Å². The van der Waals surface area contributed by atoms with Crippen LogP contribution in [0, 0.1) is 0 Å². The Balaban J connectivity index is 1.78. The van der Waals surface area contributed by atoms with Crippen LogP contribution in [0.5, 0.6) is 0 Å². The molecule has 136 valence electrons. The van der Waals surface area contributed by atoms with Gasteiger partial charge in [-0.1, -0.05) is 12.2 Å². The zero-order chi connectivity index (χ0) is 17.4. The number of piperazine rings is 1. The maximum atomic E-state index is 12.5. The molecule has 2 heterocycles. The number of allylic oxidation sites excluding steroid dienone is 1. The number of hydrogen-bond acceptors (Lipinski definition) is 3. The van der Waals surface area contributed by atoms with E-state index in [1.165, 1.54) is 0 Å². The van der Waals surface area contributed by atoms with E-state index >= 15 is 0 Å². The summed E-state index contributed by atoms with van der Waals surface area (Å²) in [6.07, 6.45) is 7.55. The SMILES string of the molecule is C/C=C/CCNC(=NC)N1CCN(C(C)C(=O)N2CCCC2)CC1. The third-order valence-electron chi connectivity index (χ3n) is 4.98. The number of amides is 1. The van der Waals surface area contributed by atoms with Crippen LogP contribution >= 0.6 is 0 Å². The van der Waals surface area contributed by atoms with E-state index in [1.807, 2.05) is 18.9 Å². The van der Waals surface area contributed by atoms with Crippen molar-refractivity contribution in [2.75, 3.05) is 52.9 Å². The van der Waals surface area contributed by atoms with E-state index < -0.39 is 0 Å². The molecule has 0 aromatic carbocycles. The zero-order valence-electron chi connectivity index (χ0n) is 15.5. The van der Waals surface area contributed by atoms with Gasteiger partial charge in [0.15, 0.2) is 5.96 Å². The first kappa shape index (κ1) is 18.8. The number of guanidine groups is 1. The monoisotopic (exact) mass is 335 g/mol. The van der Waals surface area contributed by atoms with Crippen LogP contribution in [0.25, 0.3) is 0 Å². The van der Waals surface area contributed by atoms with E-state index in [0.717, 1.165) is 71.0 Å². The van der Waals surface area contributed by atoms with Gasteiger partial charge in [-0.05, 0) is 33.1 Å². The minimum Gasteiger partial charge on any atom is -0.356 e. The van der Waals surface area contributed by atoms with Crippen LogP contribution in [0.2, 0.25) is 0 Å². The van der Waals surface area contributed by atoms with Gasteiger partial charge in [0.2, 0.25) is 5.91 Å². The molecule has 0 spiro atoms. The van der Waals surface area contributed by atoms with Gasteiger partial charge in [0.1, 0.15) is 0 Å². The fraction of sp³-hybridized carbons (Fsp3) is 0.778. The molecule has 1 atom stereocenters. The molecule has 0 aliphatic carbocycles. The van der Waals surface area contributed by atoms with Crippen LogP contribution in [0.15, 0.2) is 17.1 Å². The zero-order valence-corrected chi connectivity index (χ0v) is 15.5. The number of hydrogen-bond donors (Lipinski definition) is 1. The Morgan fingerprint density at radius 3 is 2.38 bits per heavy atom. The van der Waals surface area contributed by atoms with Gasteiger partial charge in [0, 0.05) is 52.9 Å². The minimum absolute atomic E-state index is 0.00471. The molecule has 0 aromatic rings. The summed E-state index contributed by atoms with van der Waals surface area (Å²) in [5.74, 6) is 1.27. The lowest BCUT2D eigenvalue weighted by atomic mass is 10.2. The van der Waals surface area contributed by atoms with Crippen molar-refractivity contribution in [2.24, 2.45) is 4.99 Å². The largest absolute Gasteiger partial charge is 0.356 e. The van der Waals surface area contributed by atoms with E-state index in [4.69, 9.17) is 0 Å². The van der Waals surface area contributed by atoms with Crippen molar-refractivity contribution < 1.29 is 4.79 Å². The van der Waals surface area contributed by atoms with Crippen molar-refractivity contribution in [3.05, 3.63) is 12.2 Å². The third-order valence-corrected chi connectivity index (χ3v) is 4.98. The molecule has 0 radical (unpaired) electrons. The Labute approximate surface area is 146 Å². The Bertz CT molecular complexity index is 448. The summed E-state index contributed by atoms with van der Waals surface area (Å²) >= 11 is 0. The van der Waals surface area contributed by atoms with E-state index in [0.29, 0.717) is 5.91 Å². The van der Waals surface area contributed by atoms with Gasteiger partial charge in [0.25, 0.3) is 0 Å². The summed E-state index contributed by atoms with van der Waals surface area (Å²) in [6, 6.07) is -0.00471. The quantitative estimate of drug-likeness (QED) is 0.354. The van der Waals surface area contributed by atoms with Crippen LogP contribution < -0.4 is 5.32 Å². The lowest BCUT2D eigenvalue weighted by Crippen LogP contribution is -2.57. The molecule has 1 N–H and O–H groups in total. The normalized spacial score (nSPS) is 21.5. The summed E-state index contributed by atoms with van der Waals surface area (Å²) in [5, 5.41) is 3.42. The lowest BCUT2D eigenvalue weighted by molar-refractivity contribution is -0.135. The highest BCUT2D eigenvalue weighted by Gasteiger charge is 2.30. The van der Waals surface area contributed by atoms with Gasteiger partial charge in [-0.25, -0.2) is 0 Å². The first-order valence-electron chi connectivity index (χ1n) is 9.27. The molecule has 2 rings (SSSR count). The minimum atomic E-state index is -0.00471. The third kappa shape index (κ3) is 4.97. The Hall–Kier alpha value is -1.56. The van der Waals surface area contributed by atoms with Crippen LogP contribution in [-0.2, 0) is 4.79 Å². The predicted molar refractivity (Wildman–Crippen MR) is 99.2 cm³/mol. The van der Waals surface area contributed by atoms with Crippen LogP contribution in [0.3, 0.4) is 0 Å². The maximum Gasteiger partial charge on any atom is 0.239 e. The summed E-state index contributed by atoms with van der Waals surface area (Å²) in [4.78, 5) is 23.6. The second-order valence-corrected chi connectivity index (χ2v) is 6.56. The molecule has 1 unspecified atom stereocenters. The second-order valence-electron chi connectivity index (χ2n) is 6.56. The van der Waals surface area contributed by atoms with Crippen LogP contribution in [0.1, 0.15) is 33.1 Å². The van der Waals surface area contributed by atoms with Crippen LogP contribution in [0.4, 0.5) is 0 Å². The molecule has 1 amide bonds. The van der Waals surface area contributed by atoms with E-state index in [2.05, 4.69) is 39.2 Å². The molecule has 6 heteroatoms. The average Bonchev–Trinajstić information content (AvgIpc) is 3.15. The molecular weight excluding hydrogens is 302 g/mol. The van der Waals surface area contributed by atoms with E-state index in [1.54, 1.807) is 0 Å². The lowest BCUT2D eigenvalue weighted by Gasteiger charge is -2.39. The molecule has 2 fully saturated rings. The highest BCUT2D eigenvalue weighted by molar-refractivity contribution is 5.82. The summed E-state index contributed by atoms with van der Waals surface area (Å²) < 4.78 is 0. The number of aliphatic imine (C=N–C) groups is 1. The molecule has 2 aliphatic rings. The summed E-state index contributed by atoms with van der Waals surface area (Å²) in [7, 11) is 1.84. The van der Waals surface area contributed by atoms with E-state index in [-0.39, 0.29) is 6.04 Å². The van der Waals surface area contributed by atoms with Gasteiger partial charge in [-0.15, -0.1) is 0 Å². The van der Waals surface area contributed by atoms with Crippen molar-refractivity contribution in [1.29, 1.82) is 0 Å². The maximum absolute atomic E-state index is 12.5. The van der Waals surface area contributed by atoms with Crippen LogP contribution in [-0.4, -0.2) is 85.5 Å². The first-order chi connectivity index (χ1) is 11.7. The molecule has 2 saturated heterocycles. The molecule has 6 nitrogen and oxygen atoms in total. The molecular formula is C18H33N5O. The first-order valence-corrected chi connectivity index (χ1v) is 9.27. The van der Waals surface area contributed by atoms with Gasteiger partial charge in [-0.2, -0.15) is 0 Å². The number of likely N-dealkylation sites (tertiary alicyclic amines) is 1. The van der Waals surface area contributed by atoms with Gasteiger partial charge < -0.3 is 15.1 Å². The standard InChI is InChI=1S/C18H33N5O/c1-4-5-6-9-20-18(19-3)23-14-12-21(13-15-23)16(2)17(24)22-10-7-8-11-22/h4-5,16H,6-15H2,1-3H3,(H,19,20)/b5-4+. The summed E-state index contributed by atoms with van der Waals surface area (Å²) in [5.41, 5.74) is 0. The van der Waals surface area contributed by atoms with Crippen molar-refractivity contribution in [3.8, 4) is 0 Å². The van der Waals surface area contributed by atoms with Gasteiger partial charge in [-0.3, -0.25) is 14.7 Å². The molecule has 2 aliphatic heterocycles. The molecule has 0 aromatic heterocycles. The number of carbonyl (C=O) groups excluding carboxylic acids is 1. The van der Waals surface area contributed by atoms with E-state index in [9.17, 15) is 4.79 Å². The Morgan fingerprint density at radius 1 is 1.12 bits per heavy atom. The number of rotatable bonds is 5. The highest BCUT2D eigenvalue weighted by atomic mass is 16.2. The van der Waals surface area contributed by atoms with Gasteiger partial charge >= 0.3 is 0 Å². The smallest absolute Gasteiger partial charge is 0.239 e. The van der Waals surface area contributed by atoms with Gasteiger partial charge in [0.05, 0.1) is 6.04 Å². The average molecular weight is 335 g/mol. The fourth-order valence-electron chi connectivity index (χ4n) is 3.45.